The number of hydrogen-bond acceptors (Lipinski definition) is 4. The number of aryl methyl sites for hydroxylation is 4. The second kappa shape index (κ2) is 5.51. The van der Waals surface area contributed by atoms with Crippen molar-refractivity contribution in [3.8, 4) is 0 Å². The van der Waals surface area contributed by atoms with Crippen LogP contribution < -0.4 is 5.32 Å². The topological polar surface area (TPSA) is 24.9 Å². The molecule has 2 aromatic heterocycles. The van der Waals surface area contributed by atoms with Crippen molar-refractivity contribution in [1.82, 2.24) is 10.3 Å². The molecule has 0 saturated heterocycles. The molecule has 0 aliphatic heterocycles. The van der Waals surface area contributed by atoms with Crippen LogP contribution in [0.15, 0.2) is 6.07 Å². The number of thiazole rings is 1. The van der Waals surface area contributed by atoms with Crippen molar-refractivity contribution in [2.24, 2.45) is 0 Å². The Morgan fingerprint density at radius 1 is 1.17 bits per heavy atom. The summed E-state index contributed by atoms with van der Waals surface area (Å²) in [6, 6.07) is 2.68. The molecule has 0 aromatic carbocycles. The maximum atomic E-state index is 4.56. The summed E-state index contributed by atoms with van der Waals surface area (Å²) in [4.78, 5) is 8.69. The van der Waals surface area contributed by atoms with Crippen molar-refractivity contribution < 1.29 is 0 Å². The fraction of sp³-hybridized carbons (Fsp3) is 0.500. The fourth-order valence-electron chi connectivity index (χ4n) is 2.05. The van der Waals surface area contributed by atoms with Crippen molar-refractivity contribution in [2.45, 2.75) is 47.2 Å². The van der Waals surface area contributed by atoms with E-state index < -0.39 is 0 Å². The van der Waals surface area contributed by atoms with Crippen LogP contribution >= 0.6 is 22.7 Å². The van der Waals surface area contributed by atoms with Gasteiger partial charge in [-0.3, -0.25) is 0 Å². The third-order valence-corrected chi connectivity index (χ3v) is 5.23. The lowest BCUT2D eigenvalue weighted by Gasteiger charge is -2.12. The minimum absolute atomic E-state index is 0.388. The monoisotopic (exact) mass is 280 g/mol. The number of rotatable bonds is 4. The molecule has 0 amide bonds. The van der Waals surface area contributed by atoms with Crippen LogP contribution in [0, 0.1) is 27.7 Å². The van der Waals surface area contributed by atoms with Gasteiger partial charge in [-0.2, -0.15) is 0 Å². The van der Waals surface area contributed by atoms with E-state index in [2.05, 4.69) is 51.0 Å². The Morgan fingerprint density at radius 2 is 1.89 bits per heavy atom. The number of nitrogens with one attached hydrogen (secondary N) is 1. The molecule has 2 heterocycles. The van der Waals surface area contributed by atoms with Gasteiger partial charge >= 0.3 is 0 Å². The Bertz CT molecular complexity index is 520. The molecule has 0 aliphatic carbocycles. The van der Waals surface area contributed by atoms with Gasteiger partial charge in [-0.15, -0.1) is 22.7 Å². The lowest BCUT2D eigenvalue weighted by Crippen LogP contribution is -2.18. The second-order valence-electron chi connectivity index (χ2n) is 4.72. The summed E-state index contributed by atoms with van der Waals surface area (Å²) >= 11 is 3.66. The van der Waals surface area contributed by atoms with Crippen LogP contribution in [0.3, 0.4) is 0 Å². The van der Waals surface area contributed by atoms with Gasteiger partial charge in [0, 0.05) is 27.2 Å². The third-order valence-electron chi connectivity index (χ3n) is 3.18. The molecule has 2 nitrogen and oxygen atoms in total. The van der Waals surface area contributed by atoms with E-state index in [1.165, 1.54) is 25.2 Å². The number of thiophene rings is 1. The van der Waals surface area contributed by atoms with Crippen LogP contribution in [-0.2, 0) is 6.54 Å². The van der Waals surface area contributed by atoms with Gasteiger partial charge in [-0.25, -0.2) is 4.98 Å². The largest absolute Gasteiger partial charge is 0.304 e. The predicted octanol–water partition coefficient (Wildman–Crippen LogP) is 4.29. The predicted molar refractivity (Wildman–Crippen MR) is 80.6 cm³/mol. The Kier molecular flexibility index (Phi) is 4.20. The molecule has 18 heavy (non-hydrogen) atoms. The summed E-state index contributed by atoms with van der Waals surface area (Å²) < 4.78 is 0. The van der Waals surface area contributed by atoms with Crippen LogP contribution in [0.2, 0.25) is 0 Å². The van der Waals surface area contributed by atoms with Crippen LogP contribution in [0.25, 0.3) is 0 Å². The Hall–Kier alpha value is -0.710. The fourth-order valence-corrected chi connectivity index (χ4v) is 3.95. The van der Waals surface area contributed by atoms with Crippen molar-refractivity contribution >= 4 is 22.7 Å². The highest BCUT2D eigenvalue weighted by Gasteiger charge is 2.11. The lowest BCUT2D eigenvalue weighted by molar-refractivity contribution is 0.572. The molecule has 98 valence electrons. The van der Waals surface area contributed by atoms with Crippen LogP contribution in [0.1, 0.15) is 43.9 Å². The molecule has 4 heteroatoms. The summed E-state index contributed by atoms with van der Waals surface area (Å²) in [6.07, 6.45) is 0. The van der Waals surface area contributed by atoms with E-state index in [9.17, 15) is 0 Å². The van der Waals surface area contributed by atoms with Crippen LogP contribution in [-0.4, -0.2) is 4.98 Å². The van der Waals surface area contributed by atoms with E-state index in [-0.39, 0.29) is 0 Å². The van der Waals surface area contributed by atoms with E-state index in [1.54, 1.807) is 11.3 Å². The van der Waals surface area contributed by atoms with E-state index in [1.807, 2.05) is 11.3 Å². The molecule has 0 saturated carbocycles. The van der Waals surface area contributed by atoms with Gasteiger partial charge in [0.2, 0.25) is 0 Å². The first-order valence-corrected chi connectivity index (χ1v) is 7.84. The summed E-state index contributed by atoms with van der Waals surface area (Å²) in [5.74, 6) is 0. The molecule has 1 atom stereocenters. The average Bonchev–Trinajstić information content (AvgIpc) is 2.79. The molecule has 2 aromatic rings. The highest BCUT2D eigenvalue weighted by molar-refractivity contribution is 7.12. The highest BCUT2D eigenvalue weighted by Crippen LogP contribution is 2.26. The quantitative estimate of drug-likeness (QED) is 0.903. The Morgan fingerprint density at radius 3 is 2.39 bits per heavy atom. The number of nitrogens with zero attached hydrogens (tertiary/aromatic N) is 1. The number of aromatic nitrogens is 1. The van der Waals surface area contributed by atoms with Crippen LogP contribution in [0.4, 0.5) is 0 Å². The minimum Gasteiger partial charge on any atom is -0.304 e. The van der Waals surface area contributed by atoms with Gasteiger partial charge in [0.05, 0.1) is 5.69 Å². The molecule has 0 aliphatic rings. The third kappa shape index (κ3) is 2.99. The first-order chi connectivity index (χ1) is 8.47. The lowest BCUT2D eigenvalue weighted by atomic mass is 10.1. The van der Waals surface area contributed by atoms with E-state index >= 15 is 0 Å². The smallest absolute Gasteiger partial charge is 0.107 e. The minimum atomic E-state index is 0.388. The van der Waals surface area contributed by atoms with Crippen LogP contribution in [0.5, 0.6) is 0 Å². The SMILES string of the molecule is Cc1cc(C(C)NCc2nc(C)c(C)s2)c(C)s1. The molecular formula is C14H20N2S2. The molecule has 0 radical (unpaired) electrons. The average molecular weight is 280 g/mol. The van der Waals surface area contributed by atoms with E-state index in [0.717, 1.165) is 12.2 Å². The van der Waals surface area contributed by atoms with Crippen molar-refractivity contribution in [2.75, 3.05) is 0 Å². The molecular weight excluding hydrogens is 260 g/mol. The highest BCUT2D eigenvalue weighted by atomic mass is 32.1. The first-order valence-electron chi connectivity index (χ1n) is 6.20. The first kappa shape index (κ1) is 13.7. The molecule has 2 rings (SSSR count). The van der Waals surface area contributed by atoms with Gasteiger partial charge in [0.15, 0.2) is 0 Å². The molecule has 1 N–H and O–H groups in total. The van der Waals surface area contributed by atoms with E-state index in [4.69, 9.17) is 0 Å². The van der Waals surface area contributed by atoms with Gasteiger partial charge in [-0.05, 0) is 46.2 Å². The molecule has 0 bridgehead atoms. The van der Waals surface area contributed by atoms with E-state index in [0.29, 0.717) is 6.04 Å². The van der Waals surface area contributed by atoms with Crippen molar-refractivity contribution in [3.05, 3.63) is 37.0 Å². The van der Waals surface area contributed by atoms with Gasteiger partial charge in [-0.1, -0.05) is 0 Å². The second-order valence-corrected chi connectivity index (χ2v) is 7.47. The molecule has 1 unspecified atom stereocenters. The zero-order chi connectivity index (χ0) is 13.3. The molecule has 0 fully saturated rings. The summed E-state index contributed by atoms with van der Waals surface area (Å²) in [6.45, 7) is 11.7. The van der Waals surface area contributed by atoms with Gasteiger partial charge < -0.3 is 5.32 Å². The Labute approximate surface area is 117 Å². The maximum Gasteiger partial charge on any atom is 0.107 e. The summed E-state index contributed by atoms with van der Waals surface area (Å²) in [5, 5.41) is 4.75. The zero-order valence-electron chi connectivity index (χ0n) is 11.6. The molecule has 0 spiro atoms. The summed E-state index contributed by atoms with van der Waals surface area (Å²) in [7, 11) is 0. The maximum absolute atomic E-state index is 4.56. The van der Waals surface area contributed by atoms with Crippen molar-refractivity contribution in [3.63, 3.8) is 0 Å². The van der Waals surface area contributed by atoms with Crippen molar-refractivity contribution in [1.29, 1.82) is 0 Å². The van der Waals surface area contributed by atoms with Gasteiger partial charge in [0.25, 0.3) is 0 Å². The Balaban J connectivity index is 2.00. The number of hydrogen-bond donors (Lipinski definition) is 1. The summed E-state index contributed by atoms with van der Waals surface area (Å²) in [5.41, 5.74) is 2.58. The zero-order valence-corrected chi connectivity index (χ0v) is 13.3. The normalized spacial score (nSPS) is 12.9. The standard InChI is InChI=1S/C14H20N2S2/c1-8-6-13(12(5)17-8)10(3)15-7-14-16-9(2)11(4)18-14/h6,10,15H,7H2,1-5H3. The van der Waals surface area contributed by atoms with Gasteiger partial charge in [0.1, 0.15) is 5.01 Å².